The minimum absolute atomic E-state index is 0.260. The van der Waals surface area contributed by atoms with Crippen molar-refractivity contribution >= 4 is 5.97 Å². The van der Waals surface area contributed by atoms with Crippen LogP contribution in [-0.2, 0) is 9.53 Å². The number of esters is 1. The molecule has 0 aliphatic rings. The van der Waals surface area contributed by atoms with E-state index in [4.69, 9.17) is 4.74 Å². The van der Waals surface area contributed by atoms with E-state index in [0.29, 0.717) is 18.1 Å². The maximum atomic E-state index is 11.5. The Hall–Kier alpha value is -0.870. The molecule has 29 heavy (non-hydrogen) atoms. The van der Waals surface area contributed by atoms with E-state index < -0.39 is 0 Å². The topological polar surface area (TPSA) is 32.8 Å². The maximum absolute atomic E-state index is 11.5. The zero-order valence-corrected chi connectivity index (χ0v) is 20.5. The van der Waals surface area contributed by atoms with Crippen molar-refractivity contribution in [2.45, 2.75) is 84.5 Å². The summed E-state index contributed by atoms with van der Waals surface area (Å²) in [5, 5.41) is 0. The molecular weight excluding hydrogens is 360 g/mol. The Morgan fingerprint density at radius 3 is 1.93 bits per heavy atom. The Morgan fingerprint density at radius 1 is 0.793 bits per heavy atom. The van der Waals surface area contributed by atoms with Gasteiger partial charge in [0.2, 0.25) is 0 Å². The first-order valence-corrected chi connectivity index (χ1v) is 11.8. The van der Waals surface area contributed by atoms with Gasteiger partial charge in [-0.15, -0.1) is 0 Å². The summed E-state index contributed by atoms with van der Waals surface area (Å²) >= 11 is 0. The fourth-order valence-corrected chi connectivity index (χ4v) is 3.70. The fraction of sp³-hybridized carbons (Fsp3) is 0.880. The summed E-state index contributed by atoms with van der Waals surface area (Å²) in [6, 6.07) is 0. The van der Waals surface area contributed by atoms with E-state index >= 15 is 0 Å². The summed E-state index contributed by atoms with van der Waals surface area (Å²) in [5.74, 6) is 1.02. The first kappa shape index (κ1) is 28.1. The van der Waals surface area contributed by atoms with Gasteiger partial charge in [-0.1, -0.05) is 58.4 Å². The molecule has 0 radical (unpaired) electrons. The molecule has 0 fully saturated rings. The molecule has 0 saturated carbocycles. The fourth-order valence-electron chi connectivity index (χ4n) is 3.70. The van der Waals surface area contributed by atoms with Crippen molar-refractivity contribution in [2.24, 2.45) is 11.8 Å². The summed E-state index contributed by atoms with van der Waals surface area (Å²) in [5.41, 5.74) is 0.486. The predicted molar refractivity (Wildman–Crippen MR) is 126 cm³/mol. The Balaban J connectivity index is 4.06. The second-order valence-corrected chi connectivity index (χ2v) is 9.59. The second-order valence-electron chi connectivity index (χ2n) is 9.59. The number of rotatable bonds is 19. The van der Waals surface area contributed by atoms with Crippen molar-refractivity contribution < 1.29 is 9.53 Å². The van der Waals surface area contributed by atoms with Crippen LogP contribution >= 0.6 is 0 Å². The van der Waals surface area contributed by atoms with Gasteiger partial charge in [-0.2, -0.15) is 0 Å². The lowest BCUT2D eigenvalue weighted by molar-refractivity contribution is -0.140. The van der Waals surface area contributed by atoms with Gasteiger partial charge < -0.3 is 14.5 Å². The third-order valence-electron chi connectivity index (χ3n) is 5.59. The largest absolute Gasteiger partial charge is 0.462 e. The molecule has 0 amide bonds. The van der Waals surface area contributed by atoms with Crippen LogP contribution in [0.3, 0.4) is 0 Å². The van der Waals surface area contributed by atoms with Crippen LogP contribution < -0.4 is 0 Å². The van der Waals surface area contributed by atoms with Crippen LogP contribution in [0.2, 0.25) is 0 Å². The summed E-state index contributed by atoms with van der Waals surface area (Å²) in [4.78, 5) is 16.1. The number of unbranched alkanes of at least 4 members (excludes halogenated alkanes) is 4. The molecule has 0 saturated heterocycles. The molecule has 0 aliphatic carbocycles. The average Bonchev–Trinajstić information content (AvgIpc) is 2.64. The molecule has 0 spiro atoms. The molecule has 0 aromatic rings. The molecule has 0 aromatic carbocycles. The monoisotopic (exact) mass is 410 g/mol. The highest BCUT2D eigenvalue weighted by Crippen LogP contribution is 2.24. The first-order valence-electron chi connectivity index (χ1n) is 11.8. The minimum Gasteiger partial charge on any atom is -0.462 e. The molecule has 0 aliphatic heterocycles. The molecule has 0 heterocycles. The standard InChI is InChI=1S/C25H50N2O2/c1-22(2)25(28)29-21-23(3)15-13-17-24(18-14-20-27(6)7)16-11-9-8-10-12-19-26(4)5/h23-24H,1,8-21H2,2-7H3. The van der Waals surface area contributed by atoms with Crippen molar-refractivity contribution in [3.05, 3.63) is 12.2 Å². The SMILES string of the molecule is C=C(C)C(=O)OCC(C)CCCC(CCCCCCCN(C)C)CCCN(C)C. The normalized spacial score (nSPS) is 13.7. The first-order chi connectivity index (χ1) is 13.7. The second kappa shape index (κ2) is 17.9. The minimum atomic E-state index is -0.260. The molecule has 2 unspecified atom stereocenters. The van der Waals surface area contributed by atoms with E-state index in [2.05, 4.69) is 51.5 Å². The number of hydrogen-bond acceptors (Lipinski definition) is 4. The van der Waals surface area contributed by atoms with Crippen LogP contribution in [0.1, 0.15) is 84.5 Å². The zero-order chi connectivity index (χ0) is 22.1. The molecule has 4 heteroatoms. The van der Waals surface area contributed by atoms with Gasteiger partial charge in [-0.3, -0.25) is 0 Å². The average molecular weight is 411 g/mol. The number of nitrogens with zero attached hydrogens (tertiary/aromatic N) is 2. The molecule has 0 N–H and O–H groups in total. The van der Waals surface area contributed by atoms with Gasteiger partial charge in [0.05, 0.1) is 6.61 Å². The number of hydrogen-bond donors (Lipinski definition) is 0. The third-order valence-corrected chi connectivity index (χ3v) is 5.59. The smallest absolute Gasteiger partial charge is 0.333 e. The molecule has 0 aromatic heterocycles. The van der Waals surface area contributed by atoms with Gasteiger partial charge in [-0.25, -0.2) is 4.79 Å². The van der Waals surface area contributed by atoms with Crippen LogP contribution in [0.15, 0.2) is 12.2 Å². The summed E-state index contributed by atoms with van der Waals surface area (Å²) < 4.78 is 5.29. The highest BCUT2D eigenvalue weighted by molar-refractivity contribution is 5.86. The lowest BCUT2D eigenvalue weighted by Gasteiger charge is -2.19. The van der Waals surface area contributed by atoms with E-state index in [1.165, 1.54) is 77.3 Å². The van der Waals surface area contributed by atoms with Crippen LogP contribution in [0.5, 0.6) is 0 Å². The molecule has 4 nitrogen and oxygen atoms in total. The van der Waals surface area contributed by atoms with Gasteiger partial charge in [-0.05, 0) is 85.7 Å². The van der Waals surface area contributed by atoms with Gasteiger partial charge in [0.1, 0.15) is 0 Å². The van der Waals surface area contributed by atoms with E-state index in [-0.39, 0.29) is 5.97 Å². The van der Waals surface area contributed by atoms with Gasteiger partial charge in [0, 0.05) is 5.57 Å². The van der Waals surface area contributed by atoms with E-state index in [0.717, 1.165) is 12.3 Å². The molecular formula is C25H50N2O2. The molecule has 2 atom stereocenters. The van der Waals surface area contributed by atoms with Crippen molar-refractivity contribution in [1.82, 2.24) is 9.80 Å². The number of ether oxygens (including phenoxy) is 1. The highest BCUT2D eigenvalue weighted by Gasteiger charge is 2.12. The molecule has 0 bridgehead atoms. The number of carbonyl (C=O) groups is 1. The van der Waals surface area contributed by atoms with Crippen LogP contribution in [0, 0.1) is 11.8 Å². The third kappa shape index (κ3) is 18.9. The Kier molecular flexibility index (Phi) is 17.4. The van der Waals surface area contributed by atoms with Crippen molar-refractivity contribution in [2.75, 3.05) is 47.9 Å². The van der Waals surface area contributed by atoms with Gasteiger partial charge in [0.15, 0.2) is 0 Å². The lowest BCUT2D eigenvalue weighted by Crippen LogP contribution is -2.15. The Labute approximate surface area is 182 Å². The molecule has 172 valence electrons. The van der Waals surface area contributed by atoms with Crippen LogP contribution in [0.4, 0.5) is 0 Å². The zero-order valence-electron chi connectivity index (χ0n) is 20.5. The quantitative estimate of drug-likeness (QED) is 0.154. The molecule has 0 rings (SSSR count). The van der Waals surface area contributed by atoms with Gasteiger partial charge in [0.25, 0.3) is 0 Å². The summed E-state index contributed by atoms with van der Waals surface area (Å²) in [7, 11) is 8.64. The predicted octanol–water partition coefficient (Wildman–Crippen LogP) is 5.77. The Bertz CT molecular complexity index is 421. The van der Waals surface area contributed by atoms with Crippen molar-refractivity contribution in [1.29, 1.82) is 0 Å². The summed E-state index contributed by atoms with van der Waals surface area (Å²) in [6.45, 7) is 10.4. The Morgan fingerprint density at radius 2 is 1.31 bits per heavy atom. The van der Waals surface area contributed by atoms with E-state index in [1.54, 1.807) is 6.92 Å². The number of carbonyl (C=O) groups excluding carboxylic acids is 1. The van der Waals surface area contributed by atoms with E-state index in [9.17, 15) is 4.79 Å². The maximum Gasteiger partial charge on any atom is 0.333 e. The van der Waals surface area contributed by atoms with Crippen molar-refractivity contribution in [3.8, 4) is 0 Å². The van der Waals surface area contributed by atoms with Crippen LogP contribution in [0.25, 0.3) is 0 Å². The highest BCUT2D eigenvalue weighted by atomic mass is 16.5. The lowest BCUT2D eigenvalue weighted by atomic mass is 9.89. The van der Waals surface area contributed by atoms with Crippen LogP contribution in [-0.4, -0.2) is 63.7 Å². The summed E-state index contributed by atoms with van der Waals surface area (Å²) in [6.07, 6.45) is 14.5. The van der Waals surface area contributed by atoms with Crippen molar-refractivity contribution in [3.63, 3.8) is 0 Å². The van der Waals surface area contributed by atoms with E-state index in [1.807, 2.05) is 0 Å². The van der Waals surface area contributed by atoms with Gasteiger partial charge >= 0.3 is 5.97 Å².